The van der Waals surface area contributed by atoms with Gasteiger partial charge in [-0.25, -0.2) is 5.43 Å². The molecule has 0 aliphatic rings. The Morgan fingerprint density at radius 2 is 1.83 bits per heavy atom. The minimum Gasteiger partial charge on any atom is -0.496 e. The van der Waals surface area contributed by atoms with E-state index in [1.165, 1.54) is 13.3 Å². The third-order valence-corrected chi connectivity index (χ3v) is 3.31. The summed E-state index contributed by atoms with van der Waals surface area (Å²) in [5, 5.41) is 6.72. The monoisotopic (exact) mass is 345 g/mol. The number of hydrogen-bond donors (Lipinski definition) is 2. The second-order valence-corrected chi connectivity index (χ2v) is 5.34. The minimum atomic E-state index is -0.882. The molecule has 7 heteroatoms. The lowest BCUT2D eigenvalue weighted by Gasteiger charge is -2.05. The predicted octanol–water partition coefficient (Wildman–Crippen LogP) is 2.75. The van der Waals surface area contributed by atoms with E-state index < -0.39 is 11.8 Å². The minimum absolute atomic E-state index is 0.501. The van der Waals surface area contributed by atoms with Crippen LogP contribution in [-0.2, 0) is 9.59 Å². The first-order valence-corrected chi connectivity index (χ1v) is 7.42. The Morgan fingerprint density at radius 1 is 1.12 bits per heavy atom. The average molecular weight is 346 g/mol. The van der Waals surface area contributed by atoms with Crippen molar-refractivity contribution in [1.82, 2.24) is 5.43 Å². The van der Waals surface area contributed by atoms with E-state index >= 15 is 0 Å². The molecule has 2 aromatic carbocycles. The molecule has 0 spiro atoms. The third-order valence-electron chi connectivity index (χ3n) is 3.08. The number of hydrogen-bond acceptors (Lipinski definition) is 4. The maximum Gasteiger partial charge on any atom is 0.329 e. The SMILES string of the molecule is COc1ccc(Cl)cc1/C=N\NC(=O)C(=O)Nc1ccc(C)cc1. The van der Waals surface area contributed by atoms with Gasteiger partial charge in [0.1, 0.15) is 5.75 Å². The number of benzene rings is 2. The number of carbonyl (C=O) groups is 2. The number of amides is 2. The molecule has 2 rings (SSSR count). The molecule has 0 atom stereocenters. The van der Waals surface area contributed by atoms with Gasteiger partial charge < -0.3 is 10.1 Å². The van der Waals surface area contributed by atoms with Crippen molar-refractivity contribution in [2.24, 2.45) is 5.10 Å². The van der Waals surface area contributed by atoms with Gasteiger partial charge in [0.2, 0.25) is 0 Å². The summed E-state index contributed by atoms with van der Waals surface area (Å²) in [6.45, 7) is 1.93. The second-order valence-electron chi connectivity index (χ2n) is 4.91. The summed E-state index contributed by atoms with van der Waals surface area (Å²) in [4.78, 5) is 23.5. The van der Waals surface area contributed by atoms with E-state index in [0.29, 0.717) is 22.0 Å². The Morgan fingerprint density at radius 3 is 2.50 bits per heavy atom. The number of aryl methyl sites for hydroxylation is 1. The van der Waals surface area contributed by atoms with E-state index in [9.17, 15) is 9.59 Å². The van der Waals surface area contributed by atoms with Crippen molar-refractivity contribution >= 4 is 35.3 Å². The molecular formula is C17H16ClN3O3. The Labute approximate surface area is 144 Å². The largest absolute Gasteiger partial charge is 0.496 e. The number of carbonyl (C=O) groups excluding carboxylic acids is 2. The first kappa shape index (κ1) is 17.5. The van der Waals surface area contributed by atoms with Crippen LogP contribution in [0.25, 0.3) is 0 Å². The van der Waals surface area contributed by atoms with Gasteiger partial charge >= 0.3 is 11.8 Å². The van der Waals surface area contributed by atoms with Crippen LogP contribution in [0.1, 0.15) is 11.1 Å². The molecule has 2 N–H and O–H groups in total. The van der Waals surface area contributed by atoms with Crippen LogP contribution < -0.4 is 15.5 Å². The number of anilines is 1. The molecule has 2 aromatic rings. The van der Waals surface area contributed by atoms with Crippen LogP contribution in [0.2, 0.25) is 5.02 Å². The van der Waals surface area contributed by atoms with Gasteiger partial charge in [-0.1, -0.05) is 29.3 Å². The maximum absolute atomic E-state index is 11.8. The number of halogens is 1. The summed E-state index contributed by atoms with van der Waals surface area (Å²) in [5.41, 5.74) is 4.31. The average Bonchev–Trinajstić information content (AvgIpc) is 2.57. The second kappa shape index (κ2) is 8.12. The highest BCUT2D eigenvalue weighted by Gasteiger charge is 2.12. The third kappa shape index (κ3) is 4.82. The van der Waals surface area contributed by atoms with Gasteiger partial charge in [0.25, 0.3) is 0 Å². The predicted molar refractivity (Wildman–Crippen MR) is 93.5 cm³/mol. The van der Waals surface area contributed by atoms with Crippen LogP contribution >= 0.6 is 11.6 Å². The highest BCUT2D eigenvalue weighted by molar-refractivity contribution is 6.39. The van der Waals surface area contributed by atoms with Crippen LogP contribution in [0, 0.1) is 6.92 Å². The van der Waals surface area contributed by atoms with Crippen LogP contribution in [0.3, 0.4) is 0 Å². The number of ether oxygens (including phenoxy) is 1. The zero-order valence-electron chi connectivity index (χ0n) is 13.2. The van der Waals surface area contributed by atoms with E-state index in [0.717, 1.165) is 5.56 Å². The molecule has 0 saturated carbocycles. The van der Waals surface area contributed by atoms with Gasteiger partial charge in [-0.2, -0.15) is 5.10 Å². The van der Waals surface area contributed by atoms with Crippen LogP contribution in [0.15, 0.2) is 47.6 Å². The highest BCUT2D eigenvalue weighted by Crippen LogP contribution is 2.20. The number of rotatable bonds is 4. The molecule has 0 aliphatic heterocycles. The smallest absolute Gasteiger partial charge is 0.329 e. The first-order valence-electron chi connectivity index (χ1n) is 7.04. The summed E-state index contributed by atoms with van der Waals surface area (Å²) in [6, 6.07) is 12.1. The van der Waals surface area contributed by atoms with Crippen molar-refractivity contribution in [2.45, 2.75) is 6.92 Å². The zero-order chi connectivity index (χ0) is 17.5. The van der Waals surface area contributed by atoms with Gasteiger partial charge in [0.15, 0.2) is 0 Å². The molecule has 0 aromatic heterocycles. The molecule has 0 bridgehead atoms. The Hall–Kier alpha value is -2.86. The Bertz CT molecular complexity index is 773. The summed E-state index contributed by atoms with van der Waals surface area (Å²) in [5.74, 6) is -1.15. The molecule has 0 fully saturated rings. The lowest BCUT2D eigenvalue weighted by Crippen LogP contribution is -2.32. The number of methoxy groups -OCH3 is 1. The lowest BCUT2D eigenvalue weighted by molar-refractivity contribution is -0.136. The van der Waals surface area contributed by atoms with Gasteiger partial charge in [-0.05, 0) is 37.3 Å². The molecule has 124 valence electrons. The molecule has 2 amide bonds. The van der Waals surface area contributed by atoms with Crippen molar-refractivity contribution < 1.29 is 14.3 Å². The molecule has 0 heterocycles. The van der Waals surface area contributed by atoms with Crippen molar-refractivity contribution in [1.29, 1.82) is 0 Å². The fourth-order valence-electron chi connectivity index (χ4n) is 1.84. The van der Waals surface area contributed by atoms with Crippen molar-refractivity contribution in [2.75, 3.05) is 12.4 Å². The maximum atomic E-state index is 11.8. The summed E-state index contributed by atoms with van der Waals surface area (Å²) in [6.07, 6.45) is 1.35. The van der Waals surface area contributed by atoms with E-state index in [1.807, 2.05) is 19.1 Å². The standard InChI is InChI=1S/C17H16ClN3O3/c1-11-3-6-14(7-4-11)20-16(22)17(23)21-19-10-12-9-13(18)5-8-15(12)24-2/h3-10H,1-2H3,(H,20,22)(H,21,23)/b19-10-. The molecule has 24 heavy (non-hydrogen) atoms. The lowest BCUT2D eigenvalue weighted by atomic mass is 10.2. The molecule has 0 unspecified atom stereocenters. The van der Waals surface area contributed by atoms with Gasteiger partial charge in [0.05, 0.1) is 13.3 Å². The van der Waals surface area contributed by atoms with Gasteiger partial charge in [0, 0.05) is 16.3 Å². The summed E-state index contributed by atoms with van der Waals surface area (Å²) >= 11 is 5.90. The Balaban J connectivity index is 1.96. The van der Waals surface area contributed by atoms with Crippen LogP contribution in [-0.4, -0.2) is 25.1 Å². The van der Waals surface area contributed by atoms with Gasteiger partial charge in [-0.15, -0.1) is 0 Å². The molecule has 0 aliphatic carbocycles. The molecule has 0 radical (unpaired) electrons. The fraction of sp³-hybridized carbons (Fsp3) is 0.118. The summed E-state index contributed by atoms with van der Waals surface area (Å²) < 4.78 is 5.15. The molecule has 0 saturated heterocycles. The quantitative estimate of drug-likeness (QED) is 0.508. The van der Waals surface area contributed by atoms with Crippen molar-refractivity contribution in [3.05, 3.63) is 58.6 Å². The topological polar surface area (TPSA) is 79.8 Å². The molecule has 6 nitrogen and oxygen atoms in total. The van der Waals surface area contributed by atoms with E-state index in [1.54, 1.807) is 30.3 Å². The highest BCUT2D eigenvalue weighted by atomic mass is 35.5. The first-order chi connectivity index (χ1) is 11.5. The van der Waals surface area contributed by atoms with Crippen molar-refractivity contribution in [3.8, 4) is 5.75 Å². The van der Waals surface area contributed by atoms with E-state index in [2.05, 4.69) is 15.8 Å². The van der Waals surface area contributed by atoms with Crippen LogP contribution in [0.5, 0.6) is 5.75 Å². The zero-order valence-corrected chi connectivity index (χ0v) is 13.9. The normalized spacial score (nSPS) is 10.5. The fourth-order valence-corrected chi connectivity index (χ4v) is 2.02. The van der Waals surface area contributed by atoms with Gasteiger partial charge in [-0.3, -0.25) is 9.59 Å². The number of nitrogens with zero attached hydrogens (tertiary/aromatic N) is 1. The van der Waals surface area contributed by atoms with Crippen molar-refractivity contribution in [3.63, 3.8) is 0 Å². The summed E-state index contributed by atoms with van der Waals surface area (Å²) in [7, 11) is 1.51. The van der Waals surface area contributed by atoms with Crippen LogP contribution in [0.4, 0.5) is 5.69 Å². The molecular weight excluding hydrogens is 330 g/mol. The van der Waals surface area contributed by atoms with E-state index in [-0.39, 0.29) is 0 Å². The Kier molecular flexibility index (Phi) is 5.92. The van der Waals surface area contributed by atoms with E-state index in [4.69, 9.17) is 16.3 Å². The number of nitrogens with one attached hydrogen (secondary N) is 2. The number of hydrazone groups is 1.